The first-order chi connectivity index (χ1) is 12.5. The highest BCUT2D eigenvalue weighted by molar-refractivity contribution is 9.10. The zero-order valence-corrected chi connectivity index (χ0v) is 17.5. The van der Waals surface area contributed by atoms with Gasteiger partial charge >= 0.3 is 0 Å². The summed E-state index contributed by atoms with van der Waals surface area (Å²) in [5, 5.41) is 3.74. The van der Waals surface area contributed by atoms with Crippen molar-refractivity contribution in [3.05, 3.63) is 92.9 Å². The molecule has 3 aromatic carbocycles. The van der Waals surface area contributed by atoms with Crippen LogP contribution in [0.3, 0.4) is 0 Å². The molecule has 0 bridgehead atoms. The van der Waals surface area contributed by atoms with Gasteiger partial charge in [-0.05, 0) is 54.4 Å². The van der Waals surface area contributed by atoms with Crippen molar-refractivity contribution in [2.45, 2.75) is 18.9 Å². The number of nitrogens with one attached hydrogen (secondary N) is 1. The van der Waals surface area contributed by atoms with Crippen molar-refractivity contribution in [3.63, 3.8) is 0 Å². The molecule has 0 aliphatic carbocycles. The van der Waals surface area contributed by atoms with E-state index in [4.69, 9.17) is 4.99 Å². The van der Waals surface area contributed by atoms with E-state index in [9.17, 15) is 0 Å². The lowest BCUT2D eigenvalue weighted by Gasteiger charge is -2.32. The van der Waals surface area contributed by atoms with Crippen molar-refractivity contribution in [2.24, 2.45) is 4.99 Å². The molecule has 0 amide bonds. The van der Waals surface area contributed by atoms with Crippen molar-refractivity contribution >= 4 is 48.9 Å². The summed E-state index contributed by atoms with van der Waals surface area (Å²) in [5.74, 6) is 0. The quantitative estimate of drug-likeness (QED) is 0.426. The summed E-state index contributed by atoms with van der Waals surface area (Å²) < 4.78 is 2.16. The average molecular weight is 470 g/mol. The maximum Gasteiger partial charge on any atom is 0.0864 e. The summed E-state index contributed by atoms with van der Waals surface area (Å²) in [6, 6.07) is 25.2. The molecule has 2 nitrogen and oxygen atoms in total. The Morgan fingerprint density at radius 1 is 0.846 bits per heavy atom. The molecule has 1 heterocycles. The molecule has 0 saturated heterocycles. The second-order valence-electron chi connectivity index (χ2n) is 6.72. The van der Waals surface area contributed by atoms with Crippen LogP contribution in [0.15, 0.2) is 86.7 Å². The molecule has 1 aliphatic heterocycles. The van der Waals surface area contributed by atoms with Crippen LogP contribution in [-0.2, 0) is 5.54 Å². The standard InChI is InChI=1S/C22H18Br2N2/c1-22(16-8-12-18(24)13-9-16)14-21(15-6-10-17(23)11-7-15)25-19-4-2-3-5-20(19)26-22/h2-13,26H,14H2,1H3/t22-/m0/s1. The van der Waals surface area contributed by atoms with E-state index in [1.807, 2.05) is 12.1 Å². The number of para-hydroxylation sites is 2. The number of fused-ring (bicyclic) bond motifs is 1. The van der Waals surface area contributed by atoms with E-state index in [0.717, 1.165) is 38.0 Å². The van der Waals surface area contributed by atoms with Gasteiger partial charge in [0.15, 0.2) is 0 Å². The Hall–Kier alpha value is -1.91. The zero-order chi connectivity index (χ0) is 18.1. The van der Waals surface area contributed by atoms with Crippen LogP contribution in [0.2, 0.25) is 0 Å². The summed E-state index contributed by atoms with van der Waals surface area (Å²) >= 11 is 7.05. The Bertz CT molecular complexity index is 962. The normalized spacial score (nSPS) is 19.1. The number of rotatable bonds is 2. The zero-order valence-electron chi connectivity index (χ0n) is 14.3. The molecule has 0 spiro atoms. The molecule has 4 heteroatoms. The number of anilines is 1. The summed E-state index contributed by atoms with van der Waals surface area (Å²) in [6.45, 7) is 2.24. The summed E-state index contributed by atoms with van der Waals surface area (Å²) in [5.41, 5.74) is 5.26. The molecule has 0 fully saturated rings. The molecule has 0 unspecified atom stereocenters. The largest absolute Gasteiger partial charge is 0.374 e. The summed E-state index contributed by atoms with van der Waals surface area (Å²) in [6.07, 6.45) is 0.797. The maximum atomic E-state index is 5.01. The van der Waals surface area contributed by atoms with E-state index in [2.05, 4.69) is 105 Å². The van der Waals surface area contributed by atoms with Crippen molar-refractivity contribution in [3.8, 4) is 0 Å². The Balaban J connectivity index is 1.84. The minimum atomic E-state index is -0.251. The number of benzene rings is 3. The van der Waals surface area contributed by atoms with E-state index in [1.165, 1.54) is 5.56 Å². The lowest BCUT2D eigenvalue weighted by atomic mass is 9.85. The predicted molar refractivity (Wildman–Crippen MR) is 117 cm³/mol. The molecule has 26 heavy (non-hydrogen) atoms. The van der Waals surface area contributed by atoms with Gasteiger partial charge in [-0.1, -0.05) is 68.3 Å². The summed E-state index contributed by atoms with van der Waals surface area (Å²) in [4.78, 5) is 5.01. The van der Waals surface area contributed by atoms with Gasteiger partial charge in [-0.15, -0.1) is 0 Å². The molecule has 1 atom stereocenters. The molecule has 1 N–H and O–H groups in total. The van der Waals surface area contributed by atoms with Gasteiger partial charge in [0.2, 0.25) is 0 Å². The van der Waals surface area contributed by atoms with Crippen LogP contribution in [0.5, 0.6) is 0 Å². The highest BCUT2D eigenvalue weighted by Crippen LogP contribution is 2.39. The van der Waals surface area contributed by atoms with E-state index in [-0.39, 0.29) is 5.54 Å². The van der Waals surface area contributed by atoms with Gasteiger partial charge in [-0.2, -0.15) is 0 Å². The molecule has 0 saturated carbocycles. The Labute approximate surface area is 170 Å². The fraction of sp³-hybridized carbons (Fsp3) is 0.136. The van der Waals surface area contributed by atoms with Gasteiger partial charge in [0.1, 0.15) is 0 Å². The number of aliphatic imine (C=N–C) groups is 1. The molecule has 130 valence electrons. The molecule has 4 rings (SSSR count). The minimum Gasteiger partial charge on any atom is -0.374 e. The van der Waals surface area contributed by atoms with E-state index in [0.29, 0.717) is 0 Å². The predicted octanol–water partition coefficient (Wildman–Crippen LogP) is 7.06. The fourth-order valence-corrected chi connectivity index (χ4v) is 3.87. The first-order valence-electron chi connectivity index (χ1n) is 8.50. The highest BCUT2D eigenvalue weighted by Gasteiger charge is 2.31. The Morgan fingerprint density at radius 2 is 1.46 bits per heavy atom. The number of hydrogen-bond donors (Lipinski definition) is 1. The smallest absolute Gasteiger partial charge is 0.0864 e. The van der Waals surface area contributed by atoms with Crippen LogP contribution < -0.4 is 5.32 Å². The van der Waals surface area contributed by atoms with Crippen molar-refractivity contribution in [2.75, 3.05) is 5.32 Å². The molecule has 1 aliphatic rings. The summed E-state index contributed by atoms with van der Waals surface area (Å²) in [7, 11) is 0. The van der Waals surface area contributed by atoms with Crippen molar-refractivity contribution in [1.82, 2.24) is 0 Å². The van der Waals surface area contributed by atoms with Crippen LogP contribution in [0.4, 0.5) is 11.4 Å². The molecule has 0 aromatic heterocycles. The third kappa shape index (κ3) is 3.49. The van der Waals surface area contributed by atoms with Crippen LogP contribution in [-0.4, -0.2) is 5.71 Å². The van der Waals surface area contributed by atoms with E-state index in [1.54, 1.807) is 0 Å². The third-order valence-electron chi connectivity index (χ3n) is 4.75. The molecule has 0 radical (unpaired) electrons. The fourth-order valence-electron chi connectivity index (χ4n) is 3.34. The van der Waals surface area contributed by atoms with E-state index < -0.39 is 0 Å². The second-order valence-corrected chi connectivity index (χ2v) is 8.55. The number of nitrogens with zero attached hydrogens (tertiary/aromatic N) is 1. The third-order valence-corrected chi connectivity index (χ3v) is 5.81. The number of hydrogen-bond acceptors (Lipinski definition) is 2. The maximum absolute atomic E-state index is 5.01. The molecular formula is C22H18Br2N2. The first-order valence-corrected chi connectivity index (χ1v) is 10.1. The van der Waals surface area contributed by atoms with Crippen LogP contribution in [0, 0.1) is 0 Å². The van der Waals surface area contributed by atoms with Crippen LogP contribution in [0.25, 0.3) is 0 Å². The van der Waals surface area contributed by atoms with Gasteiger partial charge in [-0.3, -0.25) is 4.99 Å². The van der Waals surface area contributed by atoms with Gasteiger partial charge in [0, 0.05) is 15.4 Å². The highest BCUT2D eigenvalue weighted by atomic mass is 79.9. The van der Waals surface area contributed by atoms with Crippen molar-refractivity contribution < 1.29 is 0 Å². The SMILES string of the molecule is C[C@@]1(c2ccc(Br)cc2)CC(c2ccc(Br)cc2)=Nc2ccccc2N1. The number of halogens is 2. The van der Waals surface area contributed by atoms with Gasteiger partial charge in [0.25, 0.3) is 0 Å². The lowest BCUT2D eigenvalue weighted by molar-refractivity contribution is 0.571. The Kier molecular flexibility index (Phi) is 4.72. The average Bonchev–Trinajstić information content (AvgIpc) is 2.79. The van der Waals surface area contributed by atoms with Crippen LogP contribution >= 0.6 is 31.9 Å². The van der Waals surface area contributed by atoms with Gasteiger partial charge < -0.3 is 5.32 Å². The topological polar surface area (TPSA) is 24.4 Å². The van der Waals surface area contributed by atoms with E-state index >= 15 is 0 Å². The molecular weight excluding hydrogens is 452 g/mol. The second kappa shape index (κ2) is 7.01. The first kappa shape index (κ1) is 17.5. The minimum absolute atomic E-state index is 0.251. The van der Waals surface area contributed by atoms with Crippen molar-refractivity contribution in [1.29, 1.82) is 0 Å². The van der Waals surface area contributed by atoms with Gasteiger partial charge in [-0.25, -0.2) is 0 Å². The monoisotopic (exact) mass is 468 g/mol. The Morgan fingerprint density at radius 3 is 2.15 bits per heavy atom. The van der Waals surface area contributed by atoms with Crippen LogP contribution in [0.1, 0.15) is 24.5 Å². The lowest BCUT2D eigenvalue weighted by Crippen LogP contribution is -2.33. The molecule has 3 aromatic rings. The van der Waals surface area contributed by atoms with Gasteiger partial charge in [0.05, 0.1) is 22.6 Å².